The number of nitrogens with one attached hydrogen (secondary N) is 1. The summed E-state index contributed by atoms with van der Waals surface area (Å²) in [6, 6.07) is 9.79. The lowest BCUT2D eigenvalue weighted by molar-refractivity contribution is 0.0982. The van der Waals surface area contributed by atoms with Crippen molar-refractivity contribution < 1.29 is 14.6 Å². The van der Waals surface area contributed by atoms with Gasteiger partial charge in [0.15, 0.2) is 17.3 Å². The second kappa shape index (κ2) is 11.5. The number of carbonyl (C=O) groups excluding carboxylic acids is 1. The highest BCUT2D eigenvalue weighted by Gasteiger charge is 2.24. The highest BCUT2D eigenvalue weighted by atomic mass is 35.5. The van der Waals surface area contributed by atoms with Crippen LogP contribution in [0.5, 0.6) is 11.5 Å². The molecule has 0 radical (unpaired) electrons. The minimum atomic E-state index is -0.0787. The number of ketones is 1. The van der Waals surface area contributed by atoms with E-state index < -0.39 is 0 Å². The van der Waals surface area contributed by atoms with Gasteiger partial charge in [-0.15, -0.1) is 0 Å². The van der Waals surface area contributed by atoms with Gasteiger partial charge in [0.25, 0.3) is 0 Å². The number of hydrogen-bond donors (Lipinski definition) is 2. The van der Waals surface area contributed by atoms with Crippen molar-refractivity contribution in [2.45, 2.75) is 51.5 Å². The summed E-state index contributed by atoms with van der Waals surface area (Å²) in [4.78, 5) is 20.0. The molecule has 0 amide bonds. The average molecular weight is 510 g/mol. The van der Waals surface area contributed by atoms with Crippen LogP contribution in [-0.2, 0) is 0 Å². The third kappa shape index (κ3) is 5.76. The Kier molecular flexibility index (Phi) is 8.37. The van der Waals surface area contributed by atoms with Crippen LogP contribution in [-0.4, -0.2) is 54.6 Å². The first-order valence-electron chi connectivity index (χ1n) is 12.7. The van der Waals surface area contributed by atoms with Crippen molar-refractivity contribution in [3.8, 4) is 22.6 Å². The molecule has 1 fully saturated rings. The number of phenols is 1. The van der Waals surface area contributed by atoms with Crippen molar-refractivity contribution in [1.29, 1.82) is 0 Å². The van der Waals surface area contributed by atoms with Crippen LogP contribution in [0.15, 0.2) is 36.5 Å². The van der Waals surface area contributed by atoms with Gasteiger partial charge in [0, 0.05) is 30.6 Å². The lowest BCUT2D eigenvalue weighted by Gasteiger charge is -2.32. The van der Waals surface area contributed by atoms with Crippen LogP contribution < -0.4 is 10.1 Å². The quantitative estimate of drug-likeness (QED) is 0.309. The van der Waals surface area contributed by atoms with Crippen LogP contribution in [0.4, 0.5) is 5.69 Å². The van der Waals surface area contributed by atoms with Crippen LogP contribution in [0.2, 0.25) is 5.02 Å². The van der Waals surface area contributed by atoms with Crippen molar-refractivity contribution in [2.24, 2.45) is 5.92 Å². The van der Waals surface area contributed by atoms with Gasteiger partial charge in [-0.2, -0.15) is 0 Å². The Morgan fingerprint density at radius 1 is 1.17 bits per heavy atom. The molecule has 1 aliphatic rings. The topological polar surface area (TPSA) is 74.7 Å². The summed E-state index contributed by atoms with van der Waals surface area (Å²) < 4.78 is 5.30. The molecular weight excluding hydrogens is 474 g/mol. The van der Waals surface area contributed by atoms with Gasteiger partial charge in [-0.05, 0) is 87.5 Å². The number of aromatic hydroxyl groups is 1. The summed E-state index contributed by atoms with van der Waals surface area (Å²) in [6.45, 7) is 3.14. The molecule has 2 aromatic carbocycles. The zero-order valence-corrected chi connectivity index (χ0v) is 22.4. The first-order chi connectivity index (χ1) is 17.3. The van der Waals surface area contributed by atoms with Gasteiger partial charge in [0.05, 0.1) is 28.9 Å². The van der Waals surface area contributed by atoms with Gasteiger partial charge in [-0.1, -0.05) is 24.6 Å². The van der Waals surface area contributed by atoms with E-state index in [9.17, 15) is 9.90 Å². The number of rotatable bonds is 9. The third-order valence-electron chi connectivity index (χ3n) is 7.05. The van der Waals surface area contributed by atoms with E-state index in [-0.39, 0.29) is 16.6 Å². The summed E-state index contributed by atoms with van der Waals surface area (Å²) in [5, 5.41) is 15.1. The molecular formula is C29H36ClN3O3. The summed E-state index contributed by atoms with van der Waals surface area (Å²) in [5.41, 5.74) is 4.07. The molecule has 192 valence electrons. The van der Waals surface area contributed by atoms with E-state index >= 15 is 0 Å². The van der Waals surface area contributed by atoms with Crippen LogP contribution >= 0.6 is 11.6 Å². The Hall–Kier alpha value is -2.83. The fourth-order valence-electron chi connectivity index (χ4n) is 5.21. The molecule has 0 bridgehead atoms. The lowest BCUT2D eigenvalue weighted by Crippen LogP contribution is -2.31. The molecule has 1 aromatic heterocycles. The first-order valence-corrected chi connectivity index (χ1v) is 13.1. The van der Waals surface area contributed by atoms with E-state index in [2.05, 4.69) is 29.3 Å². The third-order valence-corrected chi connectivity index (χ3v) is 7.33. The molecule has 1 aliphatic carbocycles. The number of carbonyl (C=O) groups is 1. The molecule has 0 spiro atoms. The van der Waals surface area contributed by atoms with Gasteiger partial charge in [0.2, 0.25) is 0 Å². The Balaban J connectivity index is 1.74. The number of benzene rings is 2. The molecule has 0 unspecified atom stereocenters. The molecule has 0 aliphatic heterocycles. The van der Waals surface area contributed by atoms with E-state index in [4.69, 9.17) is 16.3 Å². The minimum Gasteiger partial charge on any atom is -0.503 e. The number of Topliss-reactive ketones (excluding diaryl/α,β-unsaturated/α-hetero) is 1. The number of aromatic nitrogens is 1. The van der Waals surface area contributed by atoms with Crippen molar-refractivity contribution in [3.63, 3.8) is 0 Å². The Morgan fingerprint density at radius 3 is 2.58 bits per heavy atom. The smallest absolute Gasteiger partial charge is 0.176 e. The van der Waals surface area contributed by atoms with Gasteiger partial charge < -0.3 is 20.1 Å². The fraction of sp³-hybridized carbons (Fsp3) is 0.448. The Morgan fingerprint density at radius 2 is 1.92 bits per heavy atom. The van der Waals surface area contributed by atoms with Gasteiger partial charge in [-0.25, -0.2) is 0 Å². The van der Waals surface area contributed by atoms with E-state index in [1.165, 1.54) is 20.0 Å². The zero-order chi connectivity index (χ0) is 25.8. The van der Waals surface area contributed by atoms with Crippen molar-refractivity contribution >= 4 is 34.0 Å². The van der Waals surface area contributed by atoms with E-state index in [1.54, 1.807) is 18.3 Å². The van der Waals surface area contributed by atoms with E-state index in [1.807, 2.05) is 25.1 Å². The predicted octanol–water partition coefficient (Wildman–Crippen LogP) is 6.78. The number of hydrogen-bond acceptors (Lipinski definition) is 6. The molecule has 7 heteroatoms. The number of ether oxygens (including phenoxy) is 1. The van der Waals surface area contributed by atoms with Gasteiger partial charge in [-0.3, -0.25) is 9.78 Å². The Bertz CT molecular complexity index is 1240. The SMILES string of the molecule is CCCC(=O)c1cnc2ccc(-c3cc(Cl)c(O)c(OC)c3)cc2c1NC1CCC(CN(C)C)CC1. The zero-order valence-electron chi connectivity index (χ0n) is 21.6. The number of nitrogens with zero attached hydrogens (tertiary/aromatic N) is 2. The molecule has 0 atom stereocenters. The minimum absolute atomic E-state index is 0.0787. The molecule has 36 heavy (non-hydrogen) atoms. The molecule has 0 saturated heterocycles. The number of fused-ring (bicyclic) bond motifs is 1. The van der Waals surface area contributed by atoms with Gasteiger partial charge in [0.1, 0.15) is 0 Å². The average Bonchev–Trinajstić information content (AvgIpc) is 2.86. The second-order valence-corrected chi connectivity index (χ2v) is 10.5. The maximum Gasteiger partial charge on any atom is 0.176 e. The summed E-state index contributed by atoms with van der Waals surface area (Å²) >= 11 is 6.27. The largest absolute Gasteiger partial charge is 0.503 e. The van der Waals surface area contributed by atoms with Crippen LogP contribution in [0.25, 0.3) is 22.0 Å². The predicted molar refractivity (Wildman–Crippen MR) is 148 cm³/mol. The van der Waals surface area contributed by atoms with Crippen molar-refractivity contribution in [3.05, 3.63) is 47.1 Å². The number of halogens is 1. The lowest BCUT2D eigenvalue weighted by atomic mass is 9.85. The summed E-state index contributed by atoms with van der Waals surface area (Å²) in [5.74, 6) is 1.06. The molecule has 2 N–H and O–H groups in total. The summed E-state index contributed by atoms with van der Waals surface area (Å²) in [7, 11) is 5.77. The van der Waals surface area contributed by atoms with Gasteiger partial charge >= 0.3 is 0 Å². The van der Waals surface area contributed by atoms with Crippen LogP contribution in [0.1, 0.15) is 55.8 Å². The molecule has 6 nitrogen and oxygen atoms in total. The number of pyridine rings is 1. The molecule has 4 rings (SSSR count). The second-order valence-electron chi connectivity index (χ2n) is 10.1. The summed E-state index contributed by atoms with van der Waals surface area (Å²) in [6.07, 6.45) is 7.50. The highest BCUT2D eigenvalue weighted by molar-refractivity contribution is 6.32. The maximum absolute atomic E-state index is 13.1. The maximum atomic E-state index is 13.1. The number of anilines is 1. The normalized spacial score (nSPS) is 17.9. The van der Waals surface area contributed by atoms with Crippen LogP contribution in [0.3, 0.4) is 0 Å². The molecule has 3 aromatic rings. The van der Waals surface area contributed by atoms with E-state index in [0.717, 1.165) is 53.5 Å². The van der Waals surface area contributed by atoms with Crippen LogP contribution in [0, 0.1) is 5.92 Å². The fourth-order valence-corrected chi connectivity index (χ4v) is 5.42. The van der Waals surface area contributed by atoms with E-state index in [0.29, 0.717) is 29.7 Å². The number of methoxy groups -OCH3 is 1. The first kappa shape index (κ1) is 26.2. The Labute approximate surface area is 218 Å². The van der Waals surface area contributed by atoms with Crippen molar-refractivity contribution in [1.82, 2.24) is 9.88 Å². The standard InChI is InChI=1S/C29H36ClN3O3/c1-5-6-26(34)23-16-31-25-12-9-19(20-14-24(30)29(35)27(15-20)36-4)13-22(25)28(23)32-21-10-7-18(8-11-21)17-33(2)3/h9,12-16,18,21,35H,5-8,10-11,17H2,1-4H3,(H,31,32). The highest BCUT2D eigenvalue weighted by Crippen LogP contribution is 2.40. The molecule has 1 heterocycles. The monoisotopic (exact) mass is 509 g/mol. The number of phenolic OH excluding ortho intramolecular Hbond substituents is 1. The molecule has 1 saturated carbocycles. The van der Waals surface area contributed by atoms with Crippen molar-refractivity contribution in [2.75, 3.05) is 33.1 Å².